The first-order valence-electron chi connectivity index (χ1n) is 15.5. The van der Waals surface area contributed by atoms with E-state index < -0.39 is 6.04 Å². The van der Waals surface area contributed by atoms with Crippen molar-refractivity contribution >= 4 is 23.4 Å². The minimum absolute atomic E-state index is 0.144. The lowest BCUT2D eigenvalue weighted by Crippen LogP contribution is -2.48. The molecule has 3 aromatic rings. The van der Waals surface area contributed by atoms with E-state index in [2.05, 4.69) is 10.3 Å². The molecule has 3 amide bonds. The summed E-state index contributed by atoms with van der Waals surface area (Å²) in [7, 11) is 1.74. The monoisotopic (exact) mass is 616 g/mol. The number of nitrogens with one attached hydrogen (secondary N) is 1. The van der Waals surface area contributed by atoms with E-state index in [4.69, 9.17) is 9.47 Å². The Hall–Kier alpha value is -4.28. The molecule has 0 aliphatic carbocycles. The number of pyridine rings is 1. The second-order valence-electron chi connectivity index (χ2n) is 11.8. The van der Waals surface area contributed by atoms with Crippen LogP contribution in [0.4, 0.5) is 5.69 Å². The van der Waals surface area contributed by atoms with E-state index in [0.717, 1.165) is 19.3 Å². The van der Waals surface area contributed by atoms with Crippen LogP contribution < -0.4 is 10.1 Å². The molecule has 2 aromatic carbocycles. The number of carbonyl (C=O) groups is 3. The van der Waals surface area contributed by atoms with Crippen molar-refractivity contribution in [3.8, 4) is 5.75 Å². The lowest BCUT2D eigenvalue weighted by molar-refractivity contribution is -0.0149. The fraction of sp³-hybridized carbons (Fsp3) is 0.429. The van der Waals surface area contributed by atoms with E-state index in [1.165, 1.54) is 0 Å². The van der Waals surface area contributed by atoms with Gasteiger partial charge in [-0.15, -0.1) is 0 Å². The quantitative estimate of drug-likeness (QED) is 0.387. The molecule has 240 valence electrons. The van der Waals surface area contributed by atoms with E-state index >= 15 is 0 Å². The largest absolute Gasteiger partial charge is 0.490 e. The molecular formula is C35H44N4O6. The van der Waals surface area contributed by atoms with Gasteiger partial charge < -0.3 is 29.7 Å². The molecule has 2 N–H and O–H groups in total. The van der Waals surface area contributed by atoms with Crippen molar-refractivity contribution in [2.75, 3.05) is 38.7 Å². The molecule has 1 aliphatic heterocycles. The maximum Gasteiger partial charge on any atom is 0.258 e. The van der Waals surface area contributed by atoms with Gasteiger partial charge in [0.25, 0.3) is 17.7 Å². The Bertz CT molecular complexity index is 1420. The highest BCUT2D eigenvalue weighted by Crippen LogP contribution is 2.29. The number of aliphatic hydroxyl groups is 1. The Morgan fingerprint density at radius 2 is 1.80 bits per heavy atom. The van der Waals surface area contributed by atoms with Crippen LogP contribution in [-0.2, 0) is 4.74 Å². The highest BCUT2D eigenvalue weighted by atomic mass is 16.5. The summed E-state index contributed by atoms with van der Waals surface area (Å²) in [4.78, 5) is 47.6. The molecule has 0 bridgehead atoms. The number of likely N-dealkylation sites (N-methyl/N-ethyl adjacent to an activating group) is 1. The van der Waals surface area contributed by atoms with Crippen molar-refractivity contribution in [2.45, 2.75) is 58.3 Å². The number of amides is 3. The Morgan fingerprint density at radius 3 is 2.51 bits per heavy atom. The molecule has 0 radical (unpaired) electrons. The topological polar surface area (TPSA) is 121 Å². The zero-order valence-corrected chi connectivity index (χ0v) is 26.5. The number of aromatic nitrogens is 1. The van der Waals surface area contributed by atoms with E-state index in [1.807, 2.05) is 19.9 Å². The summed E-state index contributed by atoms with van der Waals surface area (Å²) in [6.07, 6.45) is 5.05. The zero-order chi connectivity index (χ0) is 32.3. The molecule has 0 fully saturated rings. The number of anilines is 1. The first-order chi connectivity index (χ1) is 21.7. The van der Waals surface area contributed by atoms with Crippen molar-refractivity contribution in [3.05, 3.63) is 89.7 Å². The first kappa shape index (κ1) is 33.6. The number of rotatable bonds is 7. The van der Waals surface area contributed by atoms with Crippen molar-refractivity contribution in [2.24, 2.45) is 5.92 Å². The van der Waals surface area contributed by atoms with Gasteiger partial charge in [-0.25, -0.2) is 0 Å². The Kier molecular flexibility index (Phi) is 12.1. The molecule has 0 saturated heterocycles. The number of benzene rings is 2. The van der Waals surface area contributed by atoms with Gasteiger partial charge in [0.1, 0.15) is 5.75 Å². The molecule has 45 heavy (non-hydrogen) atoms. The molecule has 4 rings (SSSR count). The third kappa shape index (κ3) is 9.12. The molecule has 0 unspecified atom stereocenters. The molecule has 10 heteroatoms. The fourth-order valence-corrected chi connectivity index (χ4v) is 5.32. The van der Waals surface area contributed by atoms with Gasteiger partial charge >= 0.3 is 0 Å². The second kappa shape index (κ2) is 16.2. The van der Waals surface area contributed by atoms with Crippen molar-refractivity contribution in [3.63, 3.8) is 0 Å². The van der Waals surface area contributed by atoms with Gasteiger partial charge in [0.2, 0.25) is 0 Å². The number of hydrogen-bond acceptors (Lipinski definition) is 7. The normalized spacial score (nSPS) is 20.2. The number of hydrogen-bond donors (Lipinski definition) is 2. The van der Waals surface area contributed by atoms with Gasteiger partial charge in [-0.2, -0.15) is 0 Å². The van der Waals surface area contributed by atoms with Crippen LogP contribution in [0, 0.1) is 5.92 Å². The number of fused-ring (bicyclic) bond motifs is 1. The molecule has 0 saturated carbocycles. The zero-order valence-electron chi connectivity index (χ0n) is 26.5. The minimum Gasteiger partial charge on any atom is -0.490 e. The van der Waals surface area contributed by atoms with Crippen LogP contribution >= 0.6 is 0 Å². The van der Waals surface area contributed by atoms with Crippen molar-refractivity contribution in [1.29, 1.82) is 0 Å². The summed E-state index contributed by atoms with van der Waals surface area (Å²) in [5.74, 6) is -0.547. The molecule has 1 aliphatic rings. The molecule has 1 aromatic heterocycles. The summed E-state index contributed by atoms with van der Waals surface area (Å²) in [6, 6.07) is 16.8. The SMILES string of the molecule is C[C@@H]1CCCCO[C@@H](CN(C)C(=O)c2ccncc2)[C@@H](C)CN([C@@H](C)CO)C(=O)c2cc(NC(=O)c3ccccc3)ccc2O1. The maximum atomic E-state index is 14.3. The van der Waals surface area contributed by atoms with Crippen molar-refractivity contribution in [1.82, 2.24) is 14.8 Å². The molecule has 0 spiro atoms. The van der Waals surface area contributed by atoms with Gasteiger partial charge in [0.05, 0.1) is 30.4 Å². The van der Waals surface area contributed by atoms with Gasteiger partial charge in [-0.1, -0.05) is 25.1 Å². The van der Waals surface area contributed by atoms with Crippen LogP contribution in [0.2, 0.25) is 0 Å². The number of ether oxygens (including phenoxy) is 2. The summed E-state index contributed by atoms with van der Waals surface area (Å²) >= 11 is 0. The lowest BCUT2D eigenvalue weighted by atomic mass is 10.0. The smallest absolute Gasteiger partial charge is 0.258 e. The standard InChI is InChI=1S/C35H44N4O6/c1-24-21-39(25(2)23-40)35(43)30-20-29(37-33(41)27-11-6-5-7-12-27)13-14-31(30)45-26(3)10-8-9-19-44-32(24)22-38(4)34(42)28-15-17-36-18-16-28/h5-7,11-18,20,24-26,32,40H,8-10,19,21-23H2,1-4H3,(H,37,41)/t24-,25-,26+,32-/m0/s1. The fourth-order valence-electron chi connectivity index (χ4n) is 5.32. The van der Waals surface area contributed by atoms with Gasteiger partial charge in [-0.3, -0.25) is 19.4 Å². The highest BCUT2D eigenvalue weighted by Gasteiger charge is 2.31. The molecule has 4 atom stereocenters. The van der Waals surface area contributed by atoms with Crippen LogP contribution in [0.3, 0.4) is 0 Å². The average Bonchev–Trinajstić information content (AvgIpc) is 3.06. The Balaban J connectivity index is 1.63. The molecule has 2 heterocycles. The van der Waals surface area contributed by atoms with Gasteiger partial charge in [0, 0.05) is 61.9 Å². The predicted molar refractivity (Wildman–Crippen MR) is 172 cm³/mol. The summed E-state index contributed by atoms with van der Waals surface area (Å²) < 4.78 is 12.6. The van der Waals surface area contributed by atoms with Gasteiger partial charge in [0.15, 0.2) is 0 Å². The number of aliphatic hydroxyl groups excluding tert-OH is 1. The summed E-state index contributed by atoms with van der Waals surface area (Å²) in [5, 5.41) is 13.1. The third-order valence-electron chi connectivity index (χ3n) is 8.07. The Labute approximate surface area is 265 Å². The molecular weight excluding hydrogens is 572 g/mol. The van der Waals surface area contributed by atoms with E-state index in [0.29, 0.717) is 41.3 Å². The lowest BCUT2D eigenvalue weighted by Gasteiger charge is -2.36. The average molecular weight is 617 g/mol. The molecule has 10 nitrogen and oxygen atoms in total. The summed E-state index contributed by atoms with van der Waals surface area (Å²) in [6.45, 7) is 6.58. The van der Waals surface area contributed by atoms with Crippen LogP contribution in [0.25, 0.3) is 0 Å². The van der Waals surface area contributed by atoms with Crippen LogP contribution in [0.1, 0.15) is 71.1 Å². The number of nitrogens with zero attached hydrogens (tertiary/aromatic N) is 3. The van der Waals surface area contributed by atoms with Gasteiger partial charge in [-0.05, 0) is 75.6 Å². The van der Waals surface area contributed by atoms with E-state index in [1.54, 1.807) is 90.8 Å². The van der Waals surface area contributed by atoms with Crippen molar-refractivity contribution < 1.29 is 29.0 Å². The maximum absolute atomic E-state index is 14.3. The third-order valence-corrected chi connectivity index (χ3v) is 8.07. The summed E-state index contributed by atoms with van der Waals surface area (Å²) in [5.41, 5.74) is 1.78. The van der Waals surface area contributed by atoms with Crippen LogP contribution in [0.15, 0.2) is 73.1 Å². The second-order valence-corrected chi connectivity index (χ2v) is 11.8. The Morgan fingerprint density at radius 1 is 1.07 bits per heavy atom. The first-order valence-corrected chi connectivity index (χ1v) is 15.5. The minimum atomic E-state index is -0.516. The van der Waals surface area contributed by atoms with E-state index in [-0.39, 0.29) is 49.0 Å². The predicted octanol–water partition coefficient (Wildman–Crippen LogP) is 4.90. The highest BCUT2D eigenvalue weighted by molar-refractivity contribution is 6.05. The van der Waals surface area contributed by atoms with E-state index in [9.17, 15) is 19.5 Å². The van der Waals surface area contributed by atoms with Crippen LogP contribution in [0.5, 0.6) is 5.75 Å². The van der Waals surface area contributed by atoms with Crippen LogP contribution in [-0.4, -0.2) is 89.2 Å². The number of carbonyl (C=O) groups excluding carboxylic acids is 3.